The molecule has 1 unspecified atom stereocenters. The standard InChI is InChI=1S/C20H26N2O3S/c1-14(15-8-12-18(13-9-15)26(21,24)25)22(5)19(23)16-6-10-17(11-7-16)20(2,3)4/h6-14H,1-5H3,(H2,21,24,25). The molecule has 140 valence electrons. The van der Waals surface area contributed by atoms with E-state index in [0.717, 1.165) is 5.56 Å². The van der Waals surface area contributed by atoms with E-state index in [2.05, 4.69) is 20.8 Å². The summed E-state index contributed by atoms with van der Waals surface area (Å²) >= 11 is 0. The number of nitrogens with two attached hydrogens (primary N) is 1. The Morgan fingerprint density at radius 3 is 1.92 bits per heavy atom. The smallest absolute Gasteiger partial charge is 0.254 e. The fraction of sp³-hybridized carbons (Fsp3) is 0.350. The van der Waals surface area contributed by atoms with Crippen LogP contribution in [0.3, 0.4) is 0 Å². The topological polar surface area (TPSA) is 80.5 Å². The van der Waals surface area contributed by atoms with Gasteiger partial charge in [-0.1, -0.05) is 45.0 Å². The zero-order chi connectivity index (χ0) is 19.7. The van der Waals surface area contributed by atoms with E-state index in [9.17, 15) is 13.2 Å². The van der Waals surface area contributed by atoms with E-state index in [1.165, 1.54) is 17.7 Å². The number of primary sulfonamides is 1. The third-order valence-corrected chi connectivity index (χ3v) is 5.52. The lowest BCUT2D eigenvalue weighted by molar-refractivity contribution is 0.0742. The second-order valence-electron chi connectivity index (χ2n) is 7.53. The summed E-state index contributed by atoms with van der Waals surface area (Å²) in [5, 5.41) is 5.12. The molecule has 2 rings (SSSR count). The minimum atomic E-state index is -3.72. The Morgan fingerprint density at radius 2 is 1.50 bits per heavy atom. The van der Waals surface area contributed by atoms with Gasteiger partial charge in [0.25, 0.3) is 5.91 Å². The van der Waals surface area contributed by atoms with Gasteiger partial charge in [0.1, 0.15) is 0 Å². The zero-order valence-corrected chi connectivity index (χ0v) is 16.7. The first-order valence-corrected chi connectivity index (χ1v) is 9.96. The van der Waals surface area contributed by atoms with Gasteiger partial charge in [-0.3, -0.25) is 4.79 Å². The number of amides is 1. The van der Waals surface area contributed by atoms with Gasteiger partial charge in [-0.05, 0) is 47.7 Å². The average molecular weight is 375 g/mol. The van der Waals surface area contributed by atoms with Gasteiger partial charge in [-0.15, -0.1) is 0 Å². The summed E-state index contributed by atoms with van der Waals surface area (Å²) in [7, 11) is -1.99. The number of nitrogens with zero attached hydrogens (tertiary/aromatic N) is 1. The monoisotopic (exact) mass is 374 g/mol. The SMILES string of the molecule is CC(c1ccc(S(N)(=O)=O)cc1)N(C)C(=O)c1ccc(C(C)(C)C)cc1. The first kappa shape index (κ1) is 20.1. The van der Waals surface area contributed by atoms with Gasteiger partial charge in [-0.25, -0.2) is 13.6 Å². The Bertz CT molecular complexity index is 880. The molecule has 0 aliphatic rings. The Morgan fingerprint density at radius 1 is 1.00 bits per heavy atom. The molecule has 1 amide bonds. The number of hydrogen-bond donors (Lipinski definition) is 1. The highest BCUT2D eigenvalue weighted by molar-refractivity contribution is 7.89. The van der Waals surface area contributed by atoms with Gasteiger partial charge >= 0.3 is 0 Å². The maximum absolute atomic E-state index is 12.8. The maximum atomic E-state index is 12.8. The highest BCUT2D eigenvalue weighted by atomic mass is 32.2. The normalized spacial score (nSPS) is 13.3. The number of benzene rings is 2. The second-order valence-corrected chi connectivity index (χ2v) is 9.09. The van der Waals surface area contributed by atoms with Crippen molar-refractivity contribution < 1.29 is 13.2 Å². The third-order valence-electron chi connectivity index (χ3n) is 4.59. The number of hydrogen-bond acceptors (Lipinski definition) is 3. The van der Waals surface area contributed by atoms with Crippen molar-refractivity contribution in [3.8, 4) is 0 Å². The average Bonchev–Trinajstić information content (AvgIpc) is 2.58. The molecule has 2 N–H and O–H groups in total. The van der Waals surface area contributed by atoms with Crippen molar-refractivity contribution in [2.45, 2.75) is 44.0 Å². The number of carbonyl (C=O) groups excluding carboxylic acids is 1. The summed E-state index contributed by atoms with van der Waals surface area (Å²) in [5.74, 6) is -0.0894. The Hall–Kier alpha value is -2.18. The zero-order valence-electron chi connectivity index (χ0n) is 15.9. The molecular weight excluding hydrogens is 348 g/mol. The lowest BCUT2D eigenvalue weighted by Crippen LogP contribution is -2.29. The molecule has 2 aromatic rings. The Balaban J connectivity index is 2.19. The van der Waals surface area contributed by atoms with Crippen LogP contribution in [-0.2, 0) is 15.4 Å². The quantitative estimate of drug-likeness (QED) is 0.890. The van der Waals surface area contributed by atoms with E-state index in [1.807, 2.05) is 31.2 Å². The summed E-state index contributed by atoms with van der Waals surface area (Å²) in [5.41, 5.74) is 2.66. The van der Waals surface area contributed by atoms with Crippen molar-refractivity contribution in [2.75, 3.05) is 7.05 Å². The molecule has 0 spiro atoms. The lowest BCUT2D eigenvalue weighted by Gasteiger charge is -2.26. The molecule has 0 fully saturated rings. The summed E-state index contributed by atoms with van der Waals surface area (Å²) in [4.78, 5) is 14.4. The van der Waals surface area contributed by atoms with E-state index >= 15 is 0 Å². The lowest BCUT2D eigenvalue weighted by atomic mass is 9.86. The van der Waals surface area contributed by atoms with Crippen LogP contribution >= 0.6 is 0 Å². The van der Waals surface area contributed by atoms with Gasteiger partial charge in [0.2, 0.25) is 10.0 Å². The molecule has 6 heteroatoms. The molecule has 0 saturated carbocycles. The summed E-state index contributed by atoms with van der Waals surface area (Å²) in [6.45, 7) is 8.28. The number of sulfonamides is 1. The molecule has 0 radical (unpaired) electrons. The molecule has 0 aromatic heterocycles. The highest BCUT2D eigenvalue weighted by Crippen LogP contribution is 2.25. The van der Waals surface area contributed by atoms with E-state index < -0.39 is 10.0 Å². The molecule has 0 saturated heterocycles. The van der Waals surface area contributed by atoms with Crippen molar-refractivity contribution in [1.29, 1.82) is 0 Å². The van der Waals surface area contributed by atoms with Crippen LogP contribution < -0.4 is 5.14 Å². The minimum absolute atomic E-state index is 0.0336. The molecule has 26 heavy (non-hydrogen) atoms. The van der Waals surface area contributed by atoms with Gasteiger partial charge in [-0.2, -0.15) is 0 Å². The molecular formula is C20H26N2O3S. The molecule has 0 aliphatic heterocycles. The predicted molar refractivity (Wildman–Crippen MR) is 103 cm³/mol. The van der Waals surface area contributed by atoms with Gasteiger partial charge in [0.15, 0.2) is 0 Å². The first-order chi connectivity index (χ1) is 11.9. The van der Waals surface area contributed by atoms with Crippen molar-refractivity contribution in [3.63, 3.8) is 0 Å². The fourth-order valence-electron chi connectivity index (χ4n) is 2.65. The number of rotatable bonds is 4. The fourth-order valence-corrected chi connectivity index (χ4v) is 3.17. The van der Waals surface area contributed by atoms with Crippen molar-refractivity contribution in [1.82, 2.24) is 4.90 Å². The van der Waals surface area contributed by atoms with Crippen LogP contribution in [0.15, 0.2) is 53.4 Å². The highest BCUT2D eigenvalue weighted by Gasteiger charge is 2.20. The van der Waals surface area contributed by atoms with Gasteiger partial charge in [0.05, 0.1) is 10.9 Å². The van der Waals surface area contributed by atoms with E-state index in [4.69, 9.17) is 5.14 Å². The molecule has 0 bridgehead atoms. The molecule has 0 heterocycles. The van der Waals surface area contributed by atoms with Gasteiger partial charge in [0, 0.05) is 12.6 Å². The van der Waals surface area contributed by atoms with Crippen LogP contribution in [-0.4, -0.2) is 26.3 Å². The van der Waals surface area contributed by atoms with Crippen LogP contribution in [0.5, 0.6) is 0 Å². The molecule has 2 aromatic carbocycles. The van der Waals surface area contributed by atoms with Crippen LogP contribution in [0.2, 0.25) is 0 Å². The van der Waals surface area contributed by atoms with E-state index in [-0.39, 0.29) is 22.3 Å². The first-order valence-electron chi connectivity index (χ1n) is 8.42. The van der Waals surface area contributed by atoms with Crippen molar-refractivity contribution in [2.24, 2.45) is 5.14 Å². The summed E-state index contributed by atoms with van der Waals surface area (Å²) in [6, 6.07) is 13.7. The predicted octanol–water partition coefficient (Wildman–Crippen LogP) is 3.46. The van der Waals surface area contributed by atoms with Crippen molar-refractivity contribution >= 4 is 15.9 Å². The van der Waals surface area contributed by atoms with Crippen LogP contribution in [0.4, 0.5) is 0 Å². The van der Waals surface area contributed by atoms with Crippen LogP contribution in [0.25, 0.3) is 0 Å². The summed E-state index contributed by atoms with van der Waals surface area (Å²) < 4.78 is 22.7. The molecule has 0 aliphatic carbocycles. The van der Waals surface area contributed by atoms with E-state index in [0.29, 0.717) is 5.56 Å². The molecule has 5 nitrogen and oxygen atoms in total. The van der Waals surface area contributed by atoms with E-state index in [1.54, 1.807) is 24.1 Å². The van der Waals surface area contributed by atoms with Crippen LogP contribution in [0.1, 0.15) is 55.2 Å². The minimum Gasteiger partial charge on any atom is -0.335 e. The maximum Gasteiger partial charge on any atom is 0.254 e. The Kier molecular flexibility index (Phi) is 5.58. The second kappa shape index (κ2) is 7.21. The largest absolute Gasteiger partial charge is 0.335 e. The summed E-state index contributed by atoms with van der Waals surface area (Å²) in [6.07, 6.45) is 0. The third kappa shape index (κ3) is 4.51. The number of carbonyl (C=O) groups is 1. The van der Waals surface area contributed by atoms with Crippen LogP contribution in [0, 0.1) is 0 Å². The van der Waals surface area contributed by atoms with Gasteiger partial charge < -0.3 is 4.90 Å². The van der Waals surface area contributed by atoms with Crippen molar-refractivity contribution in [3.05, 3.63) is 65.2 Å². The Labute approximate surface area is 155 Å². The molecule has 1 atom stereocenters.